The van der Waals surface area contributed by atoms with Crippen molar-refractivity contribution in [2.75, 3.05) is 25.0 Å². The van der Waals surface area contributed by atoms with Crippen molar-refractivity contribution in [1.29, 1.82) is 0 Å². The van der Waals surface area contributed by atoms with Crippen LogP contribution in [0.1, 0.15) is 30.2 Å². The molecule has 2 heterocycles. The number of nitrogens with one attached hydrogen (secondary N) is 1. The number of ether oxygens (including phenoxy) is 1. The van der Waals surface area contributed by atoms with Crippen molar-refractivity contribution in [1.82, 2.24) is 4.90 Å². The number of rotatable bonds is 8. The smallest absolute Gasteiger partial charge is 0.238 e. The van der Waals surface area contributed by atoms with Crippen LogP contribution in [0, 0.1) is 0 Å². The van der Waals surface area contributed by atoms with E-state index in [1.807, 2.05) is 18.2 Å². The maximum Gasteiger partial charge on any atom is 0.238 e. The van der Waals surface area contributed by atoms with Crippen LogP contribution in [0.15, 0.2) is 41.8 Å². The molecule has 0 unspecified atom stereocenters. The van der Waals surface area contributed by atoms with Crippen LogP contribution in [0.2, 0.25) is 0 Å². The van der Waals surface area contributed by atoms with Crippen molar-refractivity contribution < 1.29 is 9.53 Å². The third-order valence-electron chi connectivity index (χ3n) is 4.43. The van der Waals surface area contributed by atoms with Crippen molar-refractivity contribution in [3.05, 3.63) is 52.2 Å². The summed E-state index contributed by atoms with van der Waals surface area (Å²) < 4.78 is 5.76. The molecule has 134 valence electrons. The molecule has 2 aromatic rings. The monoisotopic (exact) mass is 358 g/mol. The number of benzene rings is 1. The normalized spacial score (nSPS) is 17.1. The largest absolute Gasteiger partial charge is 0.377 e. The third-order valence-corrected chi connectivity index (χ3v) is 5.29. The second-order valence-electron chi connectivity index (χ2n) is 6.49. The molecule has 0 bridgehead atoms. The first-order chi connectivity index (χ1) is 12.2. The Kier molecular flexibility index (Phi) is 6.62. The van der Waals surface area contributed by atoms with Crippen LogP contribution in [0.3, 0.4) is 0 Å². The molecule has 1 N–H and O–H groups in total. The van der Waals surface area contributed by atoms with Gasteiger partial charge in [-0.1, -0.05) is 25.1 Å². The number of anilines is 1. The summed E-state index contributed by atoms with van der Waals surface area (Å²) in [4.78, 5) is 16.0. The minimum Gasteiger partial charge on any atom is -0.377 e. The lowest BCUT2D eigenvalue weighted by atomic mass is 10.1. The van der Waals surface area contributed by atoms with Gasteiger partial charge in [0.05, 0.1) is 12.6 Å². The maximum atomic E-state index is 12.5. The lowest BCUT2D eigenvalue weighted by Gasteiger charge is -2.24. The molecule has 1 atom stereocenters. The summed E-state index contributed by atoms with van der Waals surface area (Å²) in [5.41, 5.74) is 2.10. The topological polar surface area (TPSA) is 41.6 Å². The standard InChI is InChI=1S/C20H26N2O2S/c1-2-16-6-3-7-17(12-16)21-20(23)15-22(13-18-8-4-10-24-18)14-19-9-5-11-25-19/h3,5-7,9,11-12,18H,2,4,8,10,13-15H2,1H3,(H,21,23)/t18-/m1/s1. The Labute approximate surface area is 153 Å². The third kappa shape index (κ3) is 5.66. The minimum atomic E-state index is 0.0304. The first kappa shape index (κ1) is 18.1. The fourth-order valence-corrected chi connectivity index (χ4v) is 3.90. The number of nitrogens with zero attached hydrogens (tertiary/aromatic N) is 1. The molecule has 0 saturated carbocycles. The molecule has 5 heteroatoms. The van der Waals surface area contributed by atoms with Crippen molar-refractivity contribution in [2.45, 2.75) is 38.8 Å². The van der Waals surface area contributed by atoms with Gasteiger partial charge in [-0.2, -0.15) is 0 Å². The Balaban J connectivity index is 1.60. The predicted octanol–water partition coefficient (Wildman–Crippen LogP) is 3.93. The molecule has 0 radical (unpaired) electrons. The second kappa shape index (κ2) is 9.13. The first-order valence-electron chi connectivity index (χ1n) is 8.98. The average Bonchev–Trinajstić information content (AvgIpc) is 3.29. The second-order valence-corrected chi connectivity index (χ2v) is 7.52. The zero-order valence-corrected chi connectivity index (χ0v) is 15.6. The van der Waals surface area contributed by atoms with Gasteiger partial charge in [0.25, 0.3) is 0 Å². The quantitative estimate of drug-likeness (QED) is 0.777. The van der Waals surface area contributed by atoms with Gasteiger partial charge in [-0.05, 0) is 48.4 Å². The van der Waals surface area contributed by atoms with Crippen molar-refractivity contribution in [3.8, 4) is 0 Å². The molecule has 25 heavy (non-hydrogen) atoms. The molecular weight excluding hydrogens is 332 g/mol. The molecule has 3 rings (SSSR count). The van der Waals surface area contributed by atoms with Gasteiger partial charge in [-0.25, -0.2) is 0 Å². The van der Waals surface area contributed by atoms with Gasteiger partial charge in [0.15, 0.2) is 0 Å². The fraction of sp³-hybridized carbons (Fsp3) is 0.450. The molecule has 1 fully saturated rings. The van der Waals surface area contributed by atoms with Gasteiger partial charge in [-0.3, -0.25) is 9.69 Å². The van der Waals surface area contributed by atoms with E-state index < -0.39 is 0 Å². The minimum absolute atomic E-state index is 0.0304. The summed E-state index contributed by atoms with van der Waals surface area (Å²) in [6.45, 7) is 4.94. The zero-order valence-electron chi connectivity index (χ0n) is 14.7. The van der Waals surface area contributed by atoms with Crippen molar-refractivity contribution >= 4 is 22.9 Å². The highest BCUT2D eigenvalue weighted by Gasteiger charge is 2.21. The summed E-state index contributed by atoms with van der Waals surface area (Å²) in [6, 6.07) is 12.2. The lowest BCUT2D eigenvalue weighted by molar-refractivity contribution is -0.117. The summed E-state index contributed by atoms with van der Waals surface area (Å²) in [7, 11) is 0. The highest BCUT2D eigenvalue weighted by atomic mass is 32.1. The van der Waals surface area contributed by atoms with Crippen LogP contribution in [0.25, 0.3) is 0 Å². The zero-order chi connectivity index (χ0) is 17.5. The molecular formula is C20H26N2O2S. The van der Waals surface area contributed by atoms with E-state index in [0.29, 0.717) is 6.54 Å². The summed E-state index contributed by atoms with van der Waals surface area (Å²) in [5, 5.41) is 5.11. The Morgan fingerprint density at radius 1 is 1.36 bits per heavy atom. The number of carbonyl (C=O) groups excluding carboxylic acids is 1. The van der Waals surface area contributed by atoms with E-state index >= 15 is 0 Å². The van der Waals surface area contributed by atoms with Crippen LogP contribution in [-0.2, 0) is 22.5 Å². The highest BCUT2D eigenvalue weighted by molar-refractivity contribution is 7.09. The van der Waals surface area contributed by atoms with Gasteiger partial charge in [-0.15, -0.1) is 11.3 Å². The summed E-state index contributed by atoms with van der Waals surface area (Å²) in [6.07, 6.45) is 3.41. The van der Waals surface area contributed by atoms with Crippen molar-refractivity contribution in [3.63, 3.8) is 0 Å². The molecule has 1 aromatic carbocycles. The number of amides is 1. The number of hydrogen-bond acceptors (Lipinski definition) is 4. The van der Waals surface area contributed by atoms with E-state index in [0.717, 1.165) is 44.6 Å². The highest BCUT2D eigenvalue weighted by Crippen LogP contribution is 2.17. The van der Waals surface area contributed by atoms with Gasteiger partial charge >= 0.3 is 0 Å². The molecule has 0 spiro atoms. The van der Waals surface area contributed by atoms with Gasteiger partial charge in [0.2, 0.25) is 5.91 Å². The summed E-state index contributed by atoms with van der Waals surface area (Å²) in [5.74, 6) is 0.0304. The van der Waals surface area contributed by atoms with Crippen LogP contribution >= 0.6 is 11.3 Å². The SMILES string of the molecule is CCc1cccc(NC(=O)CN(Cc2cccs2)C[C@H]2CCCO2)c1. The van der Waals surface area contributed by atoms with Crippen molar-refractivity contribution in [2.24, 2.45) is 0 Å². The predicted molar refractivity (Wildman–Crippen MR) is 103 cm³/mol. The summed E-state index contributed by atoms with van der Waals surface area (Å²) >= 11 is 1.73. The molecule has 1 aromatic heterocycles. The average molecular weight is 359 g/mol. The van der Waals surface area contributed by atoms with E-state index in [1.54, 1.807) is 11.3 Å². The number of hydrogen-bond donors (Lipinski definition) is 1. The molecule has 1 aliphatic rings. The van der Waals surface area contributed by atoms with Gasteiger partial charge in [0, 0.05) is 30.3 Å². The van der Waals surface area contributed by atoms with Crippen LogP contribution < -0.4 is 5.32 Å². The van der Waals surface area contributed by atoms with Crippen LogP contribution in [-0.4, -0.2) is 36.6 Å². The lowest BCUT2D eigenvalue weighted by Crippen LogP contribution is -2.37. The van der Waals surface area contributed by atoms with E-state index in [1.165, 1.54) is 10.4 Å². The Morgan fingerprint density at radius 2 is 2.28 bits per heavy atom. The maximum absolute atomic E-state index is 12.5. The van der Waals surface area contributed by atoms with Gasteiger partial charge in [0.1, 0.15) is 0 Å². The number of aryl methyl sites for hydroxylation is 1. The van der Waals surface area contributed by atoms with E-state index in [2.05, 4.69) is 40.7 Å². The van der Waals surface area contributed by atoms with E-state index in [9.17, 15) is 4.79 Å². The van der Waals surface area contributed by atoms with Crippen LogP contribution in [0.5, 0.6) is 0 Å². The van der Waals surface area contributed by atoms with Crippen LogP contribution in [0.4, 0.5) is 5.69 Å². The molecule has 4 nitrogen and oxygen atoms in total. The fourth-order valence-electron chi connectivity index (χ4n) is 3.16. The van der Waals surface area contributed by atoms with Gasteiger partial charge < -0.3 is 10.1 Å². The number of thiophene rings is 1. The molecule has 1 aliphatic heterocycles. The Hall–Kier alpha value is -1.69. The van der Waals surface area contributed by atoms with E-state index in [-0.39, 0.29) is 12.0 Å². The Bertz CT molecular complexity index is 666. The first-order valence-corrected chi connectivity index (χ1v) is 9.86. The van der Waals surface area contributed by atoms with E-state index in [4.69, 9.17) is 4.74 Å². The Morgan fingerprint density at radius 3 is 3.00 bits per heavy atom. The molecule has 0 aliphatic carbocycles. The molecule has 1 saturated heterocycles. The number of carbonyl (C=O) groups is 1. The molecule has 1 amide bonds.